The molecule has 0 saturated carbocycles. The maximum atomic E-state index is 12.4. The van der Waals surface area contributed by atoms with Gasteiger partial charge in [-0.3, -0.25) is 9.09 Å². The number of halogens is 3. The van der Waals surface area contributed by atoms with Crippen molar-refractivity contribution in [3.05, 3.63) is 28.6 Å². The summed E-state index contributed by atoms with van der Waals surface area (Å²) in [7, 11) is 1.31. The summed E-state index contributed by atoms with van der Waals surface area (Å²) in [6.07, 6.45) is -3.72. The molecule has 2 aromatic rings. The lowest BCUT2D eigenvalue weighted by Gasteiger charge is -2.05. The minimum Gasteiger partial charge on any atom is -0.295 e. The van der Waals surface area contributed by atoms with E-state index in [0.717, 1.165) is 10.8 Å². The number of alkyl halides is 3. The summed E-state index contributed by atoms with van der Waals surface area (Å²) in [4.78, 5) is 17.3. The Bertz CT molecular complexity index is 601. The van der Waals surface area contributed by atoms with E-state index in [4.69, 9.17) is 0 Å². The lowest BCUT2D eigenvalue weighted by Crippen LogP contribution is -2.13. The first-order valence-corrected chi connectivity index (χ1v) is 4.33. The Labute approximate surface area is 91.7 Å². The zero-order valence-electron chi connectivity index (χ0n) is 8.39. The molecule has 0 bridgehead atoms. The smallest absolute Gasteiger partial charge is 0.295 e. The van der Waals surface area contributed by atoms with Gasteiger partial charge in [0.15, 0.2) is 0 Å². The lowest BCUT2D eigenvalue weighted by atomic mass is 10.3. The van der Waals surface area contributed by atoms with Crippen molar-refractivity contribution >= 4 is 0 Å². The van der Waals surface area contributed by atoms with Gasteiger partial charge in [-0.2, -0.15) is 13.2 Å². The lowest BCUT2D eigenvalue weighted by molar-refractivity contribution is -0.144. The van der Waals surface area contributed by atoms with Crippen molar-refractivity contribution in [2.75, 3.05) is 0 Å². The Morgan fingerprint density at radius 1 is 1.41 bits per heavy atom. The molecule has 0 aliphatic carbocycles. The molecule has 0 unspecified atom stereocenters. The number of nitrogens with zero attached hydrogens (tertiary/aromatic N) is 4. The minimum atomic E-state index is -4.65. The second-order valence-corrected chi connectivity index (χ2v) is 3.09. The highest BCUT2D eigenvalue weighted by Crippen LogP contribution is 2.26. The monoisotopic (exact) mass is 246 g/mol. The molecule has 0 amide bonds. The molecule has 0 radical (unpaired) electrons. The Balaban J connectivity index is 2.54. The van der Waals surface area contributed by atoms with Crippen molar-refractivity contribution in [2.24, 2.45) is 7.05 Å². The molecular weight excluding hydrogens is 241 g/mol. The normalized spacial score (nSPS) is 11.8. The van der Waals surface area contributed by atoms with Crippen LogP contribution in [-0.4, -0.2) is 19.7 Å². The van der Waals surface area contributed by atoms with Crippen LogP contribution in [-0.2, 0) is 13.2 Å². The van der Waals surface area contributed by atoms with Crippen LogP contribution in [0.4, 0.5) is 13.2 Å². The Kier molecular flexibility index (Phi) is 2.45. The predicted octanol–water partition coefficient (Wildman–Crippen LogP) is 0.849. The Morgan fingerprint density at radius 3 is 2.65 bits per heavy atom. The van der Waals surface area contributed by atoms with Gasteiger partial charge in [0, 0.05) is 13.2 Å². The third-order valence-corrected chi connectivity index (χ3v) is 1.94. The fourth-order valence-corrected chi connectivity index (χ4v) is 1.13. The summed E-state index contributed by atoms with van der Waals surface area (Å²) in [6, 6.07) is 1.20. The molecule has 0 spiro atoms. The van der Waals surface area contributed by atoms with Crippen molar-refractivity contribution in [1.82, 2.24) is 19.7 Å². The highest BCUT2D eigenvalue weighted by molar-refractivity contribution is 5.47. The molecule has 0 fully saturated rings. The van der Waals surface area contributed by atoms with E-state index in [9.17, 15) is 18.0 Å². The van der Waals surface area contributed by atoms with Gasteiger partial charge >= 0.3 is 11.9 Å². The van der Waals surface area contributed by atoms with Gasteiger partial charge in [0.25, 0.3) is 0 Å². The van der Waals surface area contributed by atoms with E-state index < -0.39 is 17.8 Å². The van der Waals surface area contributed by atoms with Gasteiger partial charge in [-0.1, -0.05) is 5.16 Å². The van der Waals surface area contributed by atoms with E-state index in [1.807, 2.05) is 0 Å². The van der Waals surface area contributed by atoms with Gasteiger partial charge in [-0.05, 0) is 6.07 Å². The highest BCUT2D eigenvalue weighted by atomic mass is 19.4. The molecule has 0 N–H and O–H groups in total. The van der Waals surface area contributed by atoms with Crippen LogP contribution in [0.1, 0.15) is 5.82 Å². The molecule has 0 atom stereocenters. The summed E-state index contributed by atoms with van der Waals surface area (Å²) < 4.78 is 42.3. The van der Waals surface area contributed by atoms with Gasteiger partial charge in [-0.25, -0.2) is 14.8 Å². The number of hydrogen-bond donors (Lipinski definition) is 0. The summed E-state index contributed by atoms with van der Waals surface area (Å²) in [5.74, 6) is -2.18. The molecule has 90 valence electrons. The summed E-state index contributed by atoms with van der Waals surface area (Å²) in [6.45, 7) is 0. The first-order valence-electron chi connectivity index (χ1n) is 4.33. The van der Waals surface area contributed by atoms with E-state index in [2.05, 4.69) is 19.6 Å². The Morgan fingerprint density at radius 2 is 2.12 bits per heavy atom. The Hall–Kier alpha value is -2.19. The molecule has 2 heterocycles. The maximum absolute atomic E-state index is 12.4. The molecule has 9 heteroatoms. The first kappa shape index (κ1) is 11.3. The van der Waals surface area contributed by atoms with Crippen molar-refractivity contribution in [1.29, 1.82) is 0 Å². The zero-order valence-corrected chi connectivity index (χ0v) is 8.39. The quantitative estimate of drug-likeness (QED) is 0.745. The predicted molar refractivity (Wildman–Crippen MR) is 47.8 cm³/mol. The SMILES string of the molecule is Cn1c(-c2ccnc(C(F)(F)F)n2)noc1=O. The molecule has 6 nitrogen and oxygen atoms in total. The average Bonchev–Trinajstić information content (AvgIpc) is 2.59. The van der Waals surface area contributed by atoms with Gasteiger partial charge in [-0.15, -0.1) is 0 Å². The average molecular weight is 246 g/mol. The van der Waals surface area contributed by atoms with Crippen LogP contribution in [0.3, 0.4) is 0 Å². The largest absolute Gasteiger partial charge is 0.451 e. The number of rotatable bonds is 1. The van der Waals surface area contributed by atoms with Crippen LogP contribution in [0.2, 0.25) is 0 Å². The summed E-state index contributed by atoms with van der Waals surface area (Å²) in [5.41, 5.74) is -0.138. The van der Waals surface area contributed by atoms with Crippen LogP contribution in [0.5, 0.6) is 0 Å². The standard InChI is InChI=1S/C8H5F3N4O2/c1-15-5(14-17-7(15)16)4-2-3-12-6(13-4)8(9,10)11/h2-3H,1H3. The molecule has 17 heavy (non-hydrogen) atoms. The van der Waals surface area contributed by atoms with Crippen LogP contribution in [0.15, 0.2) is 21.6 Å². The van der Waals surface area contributed by atoms with Gasteiger partial charge in [0.2, 0.25) is 11.6 Å². The molecular formula is C8H5F3N4O2. The summed E-state index contributed by atoms with van der Waals surface area (Å²) >= 11 is 0. The highest BCUT2D eigenvalue weighted by Gasteiger charge is 2.35. The van der Waals surface area contributed by atoms with Gasteiger partial charge in [0.05, 0.1) is 0 Å². The van der Waals surface area contributed by atoms with E-state index in [-0.39, 0.29) is 11.5 Å². The molecule has 0 aliphatic heterocycles. The third kappa shape index (κ3) is 2.03. The van der Waals surface area contributed by atoms with E-state index >= 15 is 0 Å². The second-order valence-electron chi connectivity index (χ2n) is 3.09. The van der Waals surface area contributed by atoms with Crippen LogP contribution < -0.4 is 5.76 Å². The van der Waals surface area contributed by atoms with Crippen molar-refractivity contribution in [3.8, 4) is 11.5 Å². The van der Waals surface area contributed by atoms with Crippen LogP contribution in [0, 0.1) is 0 Å². The number of aromatic nitrogens is 4. The first-order chi connectivity index (χ1) is 7.89. The topological polar surface area (TPSA) is 73.8 Å². The van der Waals surface area contributed by atoms with E-state index in [1.165, 1.54) is 13.1 Å². The van der Waals surface area contributed by atoms with E-state index in [1.54, 1.807) is 0 Å². The van der Waals surface area contributed by atoms with Crippen molar-refractivity contribution in [3.63, 3.8) is 0 Å². The molecule has 0 saturated heterocycles. The third-order valence-electron chi connectivity index (χ3n) is 1.94. The fourth-order valence-electron chi connectivity index (χ4n) is 1.13. The van der Waals surface area contributed by atoms with Gasteiger partial charge < -0.3 is 0 Å². The maximum Gasteiger partial charge on any atom is 0.451 e. The van der Waals surface area contributed by atoms with Crippen LogP contribution in [0.25, 0.3) is 11.5 Å². The van der Waals surface area contributed by atoms with Gasteiger partial charge in [0.1, 0.15) is 5.69 Å². The molecule has 0 aromatic carbocycles. The molecule has 0 aliphatic rings. The summed E-state index contributed by atoms with van der Waals surface area (Å²) in [5, 5.41) is 3.33. The fraction of sp³-hybridized carbons (Fsp3) is 0.250. The zero-order chi connectivity index (χ0) is 12.6. The minimum absolute atomic E-state index is 0.0945. The number of hydrogen-bond acceptors (Lipinski definition) is 5. The second kappa shape index (κ2) is 3.68. The molecule has 2 rings (SSSR count). The van der Waals surface area contributed by atoms with Crippen molar-refractivity contribution < 1.29 is 17.7 Å². The van der Waals surface area contributed by atoms with E-state index in [0.29, 0.717) is 0 Å². The van der Waals surface area contributed by atoms with Crippen LogP contribution >= 0.6 is 0 Å². The van der Waals surface area contributed by atoms with Crippen molar-refractivity contribution in [2.45, 2.75) is 6.18 Å². The molecule has 2 aromatic heterocycles.